The molecule has 1 unspecified atom stereocenters. The Labute approximate surface area is 103 Å². The summed E-state index contributed by atoms with van der Waals surface area (Å²) >= 11 is 3.48. The average molecular weight is 284 g/mol. The van der Waals surface area contributed by atoms with Gasteiger partial charge < -0.3 is 10.1 Å². The number of amides is 1. The van der Waals surface area contributed by atoms with E-state index in [-0.39, 0.29) is 11.8 Å². The Morgan fingerprint density at radius 2 is 2.19 bits per heavy atom. The summed E-state index contributed by atoms with van der Waals surface area (Å²) < 4.78 is 6.68. The van der Waals surface area contributed by atoms with Crippen molar-refractivity contribution < 1.29 is 9.53 Å². The van der Waals surface area contributed by atoms with Gasteiger partial charge in [0.1, 0.15) is 5.75 Å². The Hall–Kier alpha value is -1.03. The molecular weight excluding hydrogens is 270 g/mol. The monoisotopic (exact) mass is 283 g/mol. The van der Waals surface area contributed by atoms with Crippen LogP contribution < -0.4 is 10.1 Å². The third kappa shape index (κ3) is 1.82. The second-order valence-corrected chi connectivity index (χ2v) is 5.06. The number of hydrogen-bond acceptors (Lipinski definition) is 2. The van der Waals surface area contributed by atoms with Gasteiger partial charge in [-0.2, -0.15) is 0 Å². The van der Waals surface area contributed by atoms with E-state index < -0.39 is 0 Å². The molecule has 0 spiro atoms. The molecular formula is C12H14BrNO2. The summed E-state index contributed by atoms with van der Waals surface area (Å²) in [7, 11) is 0. The second kappa shape index (κ2) is 4.09. The molecule has 16 heavy (non-hydrogen) atoms. The highest BCUT2D eigenvalue weighted by molar-refractivity contribution is 9.10. The lowest BCUT2D eigenvalue weighted by Crippen LogP contribution is -2.22. The molecule has 1 aromatic rings. The molecule has 0 saturated carbocycles. The van der Waals surface area contributed by atoms with Gasteiger partial charge in [-0.3, -0.25) is 4.79 Å². The Morgan fingerprint density at radius 1 is 1.50 bits per heavy atom. The van der Waals surface area contributed by atoms with Crippen LogP contribution in [0.15, 0.2) is 10.5 Å². The summed E-state index contributed by atoms with van der Waals surface area (Å²) in [5, 5.41) is 2.93. The van der Waals surface area contributed by atoms with Crippen molar-refractivity contribution in [3.05, 3.63) is 21.7 Å². The number of benzene rings is 1. The first-order chi connectivity index (χ1) is 7.50. The molecule has 0 fully saturated rings. The lowest BCUT2D eigenvalue weighted by molar-refractivity contribution is -0.119. The van der Waals surface area contributed by atoms with Crippen LogP contribution in [0.25, 0.3) is 0 Å². The molecule has 1 N–H and O–H groups in total. The van der Waals surface area contributed by atoms with Crippen LogP contribution in [0.1, 0.15) is 18.1 Å². The molecule has 1 aliphatic heterocycles. The van der Waals surface area contributed by atoms with E-state index in [0.717, 1.165) is 27.0 Å². The van der Waals surface area contributed by atoms with Crippen LogP contribution in [0.2, 0.25) is 0 Å². The Morgan fingerprint density at radius 3 is 2.88 bits per heavy atom. The molecule has 0 saturated heterocycles. The summed E-state index contributed by atoms with van der Waals surface area (Å²) in [5.74, 6) is 0.683. The van der Waals surface area contributed by atoms with E-state index in [1.54, 1.807) is 0 Å². The van der Waals surface area contributed by atoms with Gasteiger partial charge in [-0.15, -0.1) is 0 Å². The fourth-order valence-electron chi connectivity index (χ4n) is 1.72. The highest BCUT2D eigenvalue weighted by Crippen LogP contribution is 2.38. The molecule has 3 nitrogen and oxygen atoms in total. The van der Waals surface area contributed by atoms with Crippen LogP contribution in [-0.4, -0.2) is 12.5 Å². The molecule has 2 rings (SSSR count). The van der Waals surface area contributed by atoms with E-state index in [4.69, 9.17) is 4.74 Å². The van der Waals surface area contributed by atoms with Crippen molar-refractivity contribution in [2.24, 2.45) is 5.92 Å². The third-order valence-corrected chi connectivity index (χ3v) is 3.66. The van der Waals surface area contributed by atoms with Gasteiger partial charge in [0.15, 0.2) is 0 Å². The maximum Gasteiger partial charge on any atom is 0.230 e. The largest absolute Gasteiger partial charge is 0.490 e. The average Bonchev–Trinajstić information content (AvgIpc) is 2.37. The first-order valence-corrected chi connectivity index (χ1v) is 6.03. The maximum atomic E-state index is 11.7. The quantitative estimate of drug-likeness (QED) is 0.795. The van der Waals surface area contributed by atoms with Crippen LogP contribution >= 0.6 is 15.9 Å². The lowest BCUT2D eigenvalue weighted by Gasteiger charge is -2.14. The Kier molecular flexibility index (Phi) is 2.93. The number of anilines is 1. The van der Waals surface area contributed by atoms with Gasteiger partial charge in [-0.05, 0) is 31.0 Å². The standard InChI is InChI=1S/C12H14BrNO2/c1-6-4-9(13)8(3)10-11(6)16-5-7(2)12(15)14-10/h4,7H,5H2,1-3H3,(H,14,15). The van der Waals surface area contributed by atoms with Gasteiger partial charge in [0.05, 0.1) is 18.2 Å². The van der Waals surface area contributed by atoms with Gasteiger partial charge in [0.2, 0.25) is 5.91 Å². The number of aryl methyl sites for hydroxylation is 1. The molecule has 1 amide bonds. The zero-order valence-electron chi connectivity index (χ0n) is 9.56. The van der Waals surface area contributed by atoms with Crippen LogP contribution in [0.4, 0.5) is 5.69 Å². The van der Waals surface area contributed by atoms with Crippen molar-refractivity contribution in [3.63, 3.8) is 0 Å². The minimum absolute atomic E-state index is 0.0133. The first kappa shape index (κ1) is 11.5. The summed E-state index contributed by atoms with van der Waals surface area (Å²) in [5.41, 5.74) is 2.83. The van der Waals surface area contributed by atoms with Crippen molar-refractivity contribution in [1.29, 1.82) is 0 Å². The fourth-order valence-corrected chi connectivity index (χ4v) is 2.26. The molecule has 4 heteroatoms. The topological polar surface area (TPSA) is 38.3 Å². The van der Waals surface area contributed by atoms with Crippen LogP contribution in [-0.2, 0) is 4.79 Å². The highest BCUT2D eigenvalue weighted by Gasteiger charge is 2.24. The van der Waals surface area contributed by atoms with E-state index in [2.05, 4.69) is 21.2 Å². The lowest BCUT2D eigenvalue weighted by atomic mass is 10.1. The Bertz CT molecular complexity index is 457. The molecule has 1 heterocycles. The smallest absolute Gasteiger partial charge is 0.230 e. The van der Waals surface area contributed by atoms with Crippen molar-refractivity contribution in [3.8, 4) is 5.75 Å². The van der Waals surface area contributed by atoms with Gasteiger partial charge in [-0.1, -0.05) is 22.9 Å². The first-order valence-electron chi connectivity index (χ1n) is 5.24. The second-order valence-electron chi connectivity index (χ2n) is 4.21. The van der Waals surface area contributed by atoms with E-state index >= 15 is 0 Å². The van der Waals surface area contributed by atoms with Crippen molar-refractivity contribution in [2.45, 2.75) is 20.8 Å². The minimum Gasteiger partial charge on any atom is -0.490 e. The number of nitrogens with one attached hydrogen (secondary N) is 1. The van der Waals surface area contributed by atoms with Crippen molar-refractivity contribution in [2.75, 3.05) is 11.9 Å². The molecule has 86 valence electrons. The Balaban J connectivity index is 2.57. The number of ether oxygens (including phenoxy) is 1. The van der Waals surface area contributed by atoms with Crippen molar-refractivity contribution >= 4 is 27.5 Å². The number of carbonyl (C=O) groups excluding carboxylic acids is 1. The summed E-state index contributed by atoms with van der Waals surface area (Å²) in [4.78, 5) is 11.7. The molecule has 1 aliphatic rings. The SMILES string of the molecule is Cc1cc(Br)c(C)c2c1OCC(C)C(=O)N2. The van der Waals surface area contributed by atoms with Gasteiger partial charge in [0, 0.05) is 4.47 Å². The molecule has 0 radical (unpaired) electrons. The molecule has 0 bridgehead atoms. The zero-order valence-corrected chi connectivity index (χ0v) is 11.1. The maximum absolute atomic E-state index is 11.7. The van der Waals surface area contributed by atoms with Crippen LogP contribution in [0.3, 0.4) is 0 Å². The molecule has 0 aromatic heterocycles. The molecule has 0 aliphatic carbocycles. The van der Waals surface area contributed by atoms with Crippen LogP contribution in [0.5, 0.6) is 5.75 Å². The number of carbonyl (C=O) groups is 1. The summed E-state index contributed by atoms with van der Waals surface area (Å²) in [6.45, 7) is 6.23. The minimum atomic E-state index is -0.120. The molecule has 1 aromatic carbocycles. The number of rotatable bonds is 0. The number of hydrogen-bond donors (Lipinski definition) is 1. The van der Waals surface area contributed by atoms with Crippen molar-refractivity contribution in [1.82, 2.24) is 0 Å². The number of fused-ring (bicyclic) bond motifs is 1. The zero-order chi connectivity index (χ0) is 11.9. The fraction of sp³-hybridized carbons (Fsp3) is 0.417. The highest BCUT2D eigenvalue weighted by atomic mass is 79.9. The van der Waals surface area contributed by atoms with E-state index in [9.17, 15) is 4.79 Å². The summed E-state index contributed by atoms with van der Waals surface area (Å²) in [6.07, 6.45) is 0. The van der Waals surface area contributed by atoms with E-state index in [0.29, 0.717) is 6.61 Å². The molecule has 1 atom stereocenters. The third-order valence-electron chi connectivity index (χ3n) is 2.84. The van der Waals surface area contributed by atoms with Gasteiger partial charge >= 0.3 is 0 Å². The predicted octanol–water partition coefficient (Wildman–Crippen LogP) is 3.03. The van der Waals surface area contributed by atoms with Gasteiger partial charge in [-0.25, -0.2) is 0 Å². The van der Waals surface area contributed by atoms with Gasteiger partial charge in [0.25, 0.3) is 0 Å². The van der Waals surface area contributed by atoms with E-state index in [1.807, 2.05) is 26.8 Å². The summed E-state index contributed by atoms with van der Waals surface area (Å²) in [6, 6.07) is 2.01. The van der Waals surface area contributed by atoms with Crippen LogP contribution in [0, 0.1) is 19.8 Å². The number of halogens is 1. The normalized spacial score (nSPS) is 19.5. The van der Waals surface area contributed by atoms with E-state index in [1.165, 1.54) is 0 Å². The predicted molar refractivity (Wildman–Crippen MR) is 66.9 cm³/mol.